The normalized spacial score (nSPS) is 13.4. The molecule has 0 saturated heterocycles. The largest absolute Gasteiger partial charge is 1.00 e. The van der Waals surface area contributed by atoms with Crippen molar-refractivity contribution in [3.63, 3.8) is 0 Å². The second-order valence-corrected chi connectivity index (χ2v) is 13.8. The summed E-state index contributed by atoms with van der Waals surface area (Å²) in [5.74, 6) is 0. The monoisotopic (exact) mass is 280 g/mol. The number of allylic oxidation sites excluding steroid dienone is 8. The van der Waals surface area contributed by atoms with Crippen molar-refractivity contribution >= 4 is 10.00 Å². The molecule has 0 fully saturated rings. The van der Waals surface area contributed by atoms with E-state index in [9.17, 15) is 0 Å². The van der Waals surface area contributed by atoms with Crippen LogP contribution in [0.1, 0.15) is 29.5 Å². The molecule has 2 aliphatic carbocycles. The molecular weight excluding hydrogens is 256 g/mol. The summed E-state index contributed by atoms with van der Waals surface area (Å²) in [6, 6.07) is 0. The molecule has 2 rings (SSSR count). The molecule has 0 aromatic carbocycles. The first kappa shape index (κ1) is 16.8. The molecule has 0 radical (unpaired) electrons. The number of hydrogen-bond acceptors (Lipinski definition) is 0. The minimum atomic E-state index is 0. The van der Waals surface area contributed by atoms with Crippen LogP contribution < -0.4 is 0 Å². The first-order chi connectivity index (χ1) is 8.13. The van der Waals surface area contributed by atoms with Crippen LogP contribution in [0.2, 0.25) is 13.1 Å². The molecule has 2 heteroatoms. The van der Waals surface area contributed by atoms with Crippen LogP contribution in [0.25, 0.3) is 0 Å². The van der Waals surface area contributed by atoms with Gasteiger partial charge in [-0.3, -0.25) is 12.2 Å². The molecule has 0 amide bonds. The van der Waals surface area contributed by atoms with Crippen LogP contribution in [0.5, 0.6) is 0 Å². The molecule has 0 aromatic heterocycles. The maximum absolute atomic E-state index is 2.99. The maximum atomic E-state index is 2.99. The van der Waals surface area contributed by atoms with Crippen molar-refractivity contribution in [3.05, 3.63) is 48.6 Å². The van der Waals surface area contributed by atoms with Crippen LogP contribution in [0.4, 0.5) is 0 Å². The van der Waals surface area contributed by atoms with E-state index in [1.807, 2.05) is 24.3 Å². The van der Waals surface area contributed by atoms with E-state index in [1.165, 1.54) is 0 Å². The standard InChI is InChI=1S/2C5H5.C3H6.C2H6Si.Ti.2H/c2*1-2-4-5-3-1;2*1-3-2;;;/h2*1-3H,4H2;2*1-2H3;;;/q2*-1;;;;2*-1. The Kier molecular flexibility index (Phi) is 12.1. The fraction of sp³-hybridized carbons (Fsp3) is 0.400. The van der Waals surface area contributed by atoms with E-state index >= 15 is 0 Å². The topological polar surface area (TPSA) is 0 Å². The van der Waals surface area contributed by atoms with Gasteiger partial charge in [0.05, 0.1) is 0 Å². The molecule has 0 nitrogen and oxygen atoms in total. The van der Waals surface area contributed by atoms with E-state index in [1.54, 1.807) is 3.81 Å². The summed E-state index contributed by atoms with van der Waals surface area (Å²) in [6.07, 6.45) is 20.2. The molecular formula is C15H24SiTi-4. The van der Waals surface area contributed by atoms with Gasteiger partial charge in [-0.05, 0) is 0 Å². The first-order valence-corrected chi connectivity index (χ1v) is 11.6. The van der Waals surface area contributed by atoms with Crippen molar-refractivity contribution in [2.24, 2.45) is 0 Å². The third-order valence-electron chi connectivity index (χ3n) is 1.67. The third-order valence-corrected chi connectivity index (χ3v) is 7.36. The Hall–Kier alpha value is -0.239. The zero-order valence-corrected chi connectivity index (χ0v) is 13.9. The SMILES string of the molecule is C[C](C)=[Ti]=[Si](C)C.[C-]1=CC=CC1.[C-]1=CC=CC1.[H-].[H-]. The summed E-state index contributed by atoms with van der Waals surface area (Å²) in [5, 5.41) is 0. The Morgan fingerprint density at radius 2 is 1.53 bits per heavy atom. The summed E-state index contributed by atoms with van der Waals surface area (Å²) in [6.45, 7) is 9.32. The average Bonchev–Trinajstić information content (AvgIpc) is 2.96. The quantitative estimate of drug-likeness (QED) is 0.456. The molecule has 0 unspecified atom stereocenters. The van der Waals surface area contributed by atoms with Gasteiger partial charge >= 0.3 is 54.4 Å². The second-order valence-electron chi connectivity index (χ2n) is 4.13. The van der Waals surface area contributed by atoms with Gasteiger partial charge in [-0.15, -0.1) is 12.8 Å². The summed E-state index contributed by atoms with van der Waals surface area (Å²) in [5.41, 5.74) is 0. The van der Waals surface area contributed by atoms with Gasteiger partial charge < -0.3 is 2.85 Å². The zero-order chi connectivity index (χ0) is 12.9. The Bertz CT molecular complexity index is 325. The van der Waals surface area contributed by atoms with E-state index in [-0.39, 0.29) is 9.04 Å². The first-order valence-electron chi connectivity index (χ1n) is 5.93. The van der Waals surface area contributed by atoms with Gasteiger partial charge in [0.2, 0.25) is 0 Å². The van der Waals surface area contributed by atoms with E-state index in [4.69, 9.17) is 0 Å². The van der Waals surface area contributed by atoms with Crippen LogP contribution in [-0.2, 0) is 17.4 Å². The fourth-order valence-electron chi connectivity index (χ4n) is 1.18. The van der Waals surface area contributed by atoms with Gasteiger partial charge in [-0.2, -0.15) is 12.2 Å². The van der Waals surface area contributed by atoms with Gasteiger partial charge in [-0.25, -0.2) is 24.3 Å². The predicted octanol–water partition coefficient (Wildman–Crippen LogP) is 4.37. The van der Waals surface area contributed by atoms with Crippen molar-refractivity contribution in [2.75, 3.05) is 0 Å². The van der Waals surface area contributed by atoms with Crippen LogP contribution in [0.15, 0.2) is 36.5 Å². The Labute approximate surface area is 118 Å². The van der Waals surface area contributed by atoms with Crippen molar-refractivity contribution in [1.29, 1.82) is 0 Å². The molecule has 0 heterocycles. The van der Waals surface area contributed by atoms with Crippen LogP contribution >= 0.6 is 0 Å². The molecule has 0 aromatic rings. The summed E-state index contributed by atoms with van der Waals surface area (Å²) >= 11 is 0.407. The zero-order valence-electron chi connectivity index (χ0n) is 13.4. The number of rotatable bonds is 0. The molecule has 0 N–H and O–H groups in total. The molecule has 0 bridgehead atoms. The maximum Gasteiger partial charge on any atom is -0.109 e. The molecule has 0 atom stereocenters. The van der Waals surface area contributed by atoms with Crippen molar-refractivity contribution in [1.82, 2.24) is 0 Å². The van der Waals surface area contributed by atoms with Crippen molar-refractivity contribution < 1.29 is 20.3 Å². The Morgan fingerprint density at radius 1 is 1.06 bits per heavy atom. The summed E-state index contributed by atoms with van der Waals surface area (Å²) in [7, 11) is 0. The smallest absolute Gasteiger partial charge is 0.109 e. The second kappa shape index (κ2) is 12.2. The van der Waals surface area contributed by atoms with Crippen LogP contribution in [0, 0.1) is 12.2 Å². The number of hydrogen-bond donors (Lipinski definition) is 0. The molecule has 0 aliphatic heterocycles. The van der Waals surface area contributed by atoms with Gasteiger partial charge in [0, 0.05) is 0 Å². The van der Waals surface area contributed by atoms with Gasteiger partial charge in [0.1, 0.15) is 0 Å². The molecule has 96 valence electrons. The molecule has 0 spiro atoms. The van der Waals surface area contributed by atoms with Gasteiger partial charge in [0.15, 0.2) is 0 Å². The Morgan fingerprint density at radius 3 is 1.59 bits per heavy atom. The minimum Gasteiger partial charge on any atom is -1.00 e. The third kappa shape index (κ3) is 15.8. The van der Waals surface area contributed by atoms with Crippen LogP contribution in [0.3, 0.4) is 0 Å². The van der Waals surface area contributed by atoms with Gasteiger partial charge in [-0.1, -0.05) is 0 Å². The van der Waals surface area contributed by atoms with Crippen LogP contribution in [-0.4, -0.2) is 10.00 Å². The van der Waals surface area contributed by atoms with Crippen molar-refractivity contribution in [2.45, 2.75) is 39.8 Å². The molecule has 2 aliphatic rings. The predicted molar refractivity (Wildman–Crippen MR) is 79.2 cm³/mol. The summed E-state index contributed by atoms with van der Waals surface area (Å²) < 4.78 is 1.71. The van der Waals surface area contributed by atoms with E-state index < -0.39 is 0 Å². The minimum absolute atomic E-state index is 0. The average molecular weight is 280 g/mol. The van der Waals surface area contributed by atoms with E-state index in [0.29, 0.717) is 17.4 Å². The Balaban J connectivity index is -0.000000194. The summed E-state index contributed by atoms with van der Waals surface area (Å²) in [4.78, 5) is 0. The van der Waals surface area contributed by atoms with Gasteiger partial charge in [0.25, 0.3) is 0 Å². The van der Waals surface area contributed by atoms with E-state index in [2.05, 4.69) is 51.2 Å². The molecule has 0 saturated carbocycles. The molecule has 17 heavy (non-hydrogen) atoms. The van der Waals surface area contributed by atoms with Crippen molar-refractivity contribution in [3.8, 4) is 0 Å². The van der Waals surface area contributed by atoms with E-state index in [0.717, 1.165) is 12.8 Å². The fourth-order valence-corrected chi connectivity index (χ4v) is 6.87.